The van der Waals surface area contributed by atoms with E-state index in [4.69, 9.17) is 9.47 Å². The molecule has 2 bridgehead atoms. The fraction of sp³-hybridized carbons (Fsp3) is 0.818. The summed E-state index contributed by atoms with van der Waals surface area (Å²) in [5, 5.41) is 0. The number of hydrogen-bond donors (Lipinski definition) is 0. The smallest absolute Gasteiger partial charge is 0.309 e. The third kappa shape index (κ3) is 3.36. The van der Waals surface area contributed by atoms with Crippen LogP contribution in [0.1, 0.15) is 59.3 Å². The Balaban J connectivity index is 1.68. The van der Waals surface area contributed by atoms with Crippen molar-refractivity contribution in [3.63, 3.8) is 0 Å². The standard InChI is InChI=1S/C22H31NO6/c1-4-13-16(24)7-5-6-8-23-15(17-9-11(2)21(26)28-17)10-14(20(23)25)18-12(3)22(27)29-19(13)18/h11-15,17-19H,4-10H2,1-3H3/t11-,12-,13+,14-,15-,17-,18+,19-/m0/s1. The van der Waals surface area contributed by atoms with Gasteiger partial charge in [-0.3, -0.25) is 19.2 Å². The Labute approximate surface area is 171 Å². The summed E-state index contributed by atoms with van der Waals surface area (Å²) in [6.07, 6.45) is 2.85. The molecule has 4 fully saturated rings. The summed E-state index contributed by atoms with van der Waals surface area (Å²) >= 11 is 0. The van der Waals surface area contributed by atoms with Crippen molar-refractivity contribution < 1.29 is 28.7 Å². The molecule has 4 saturated heterocycles. The molecule has 1 amide bonds. The zero-order chi connectivity index (χ0) is 20.9. The molecule has 4 aliphatic rings. The minimum atomic E-state index is -0.535. The van der Waals surface area contributed by atoms with Crippen LogP contribution < -0.4 is 0 Å². The minimum absolute atomic E-state index is 0.0231. The van der Waals surface area contributed by atoms with Crippen molar-refractivity contribution >= 4 is 23.6 Å². The molecular weight excluding hydrogens is 374 g/mol. The average Bonchev–Trinajstić information content (AvgIpc) is 3.27. The van der Waals surface area contributed by atoms with Gasteiger partial charge in [-0.1, -0.05) is 20.8 Å². The van der Waals surface area contributed by atoms with Crippen molar-refractivity contribution in [3.05, 3.63) is 0 Å². The van der Waals surface area contributed by atoms with E-state index < -0.39 is 12.0 Å². The molecule has 160 valence electrons. The molecule has 4 aliphatic heterocycles. The van der Waals surface area contributed by atoms with Crippen LogP contribution in [0, 0.1) is 29.6 Å². The van der Waals surface area contributed by atoms with Gasteiger partial charge in [0.2, 0.25) is 5.91 Å². The number of ketones is 1. The number of nitrogens with zero attached hydrogens (tertiary/aromatic N) is 1. The summed E-state index contributed by atoms with van der Waals surface area (Å²) in [4.78, 5) is 52.6. The third-order valence-corrected chi connectivity index (χ3v) is 7.55. The summed E-state index contributed by atoms with van der Waals surface area (Å²) in [6, 6.07) is -0.153. The van der Waals surface area contributed by atoms with E-state index >= 15 is 0 Å². The van der Waals surface area contributed by atoms with Crippen LogP contribution in [0.4, 0.5) is 0 Å². The number of carbonyl (C=O) groups is 4. The SMILES string of the molecule is CC[C@@H]1C(=O)CCCCN2C(=O)[C@@H](C[C@H]2[C@@H]2C[C@H](C)C(=O)O2)[C@@H]2[C@H]1OC(=O)[C@H]2C. The van der Waals surface area contributed by atoms with Gasteiger partial charge in [0.1, 0.15) is 18.0 Å². The van der Waals surface area contributed by atoms with E-state index in [1.807, 2.05) is 25.7 Å². The first-order valence-corrected chi connectivity index (χ1v) is 11.1. The van der Waals surface area contributed by atoms with E-state index in [1.165, 1.54) is 0 Å². The molecule has 4 rings (SSSR count). The molecule has 29 heavy (non-hydrogen) atoms. The van der Waals surface area contributed by atoms with Gasteiger partial charge in [-0.2, -0.15) is 0 Å². The second kappa shape index (κ2) is 7.73. The van der Waals surface area contributed by atoms with Crippen LogP contribution in [0.2, 0.25) is 0 Å². The summed E-state index contributed by atoms with van der Waals surface area (Å²) in [5.74, 6) is -1.94. The summed E-state index contributed by atoms with van der Waals surface area (Å²) in [5.41, 5.74) is 0. The monoisotopic (exact) mass is 405 g/mol. The van der Waals surface area contributed by atoms with E-state index in [0.29, 0.717) is 38.6 Å². The summed E-state index contributed by atoms with van der Waals surface area (Å²) in [6.45, 7) is 6.18. The first-order chi connectivity index (χ1) is 13.8. The lowest BCUT2D eigenvalue weighted by molar-refractivity contribution is -0.148. The van der Waals surface area contributed by atoms with Gasteiger partial charge >= 0.3 is 11.9 Å². The molecule has 0 radical (unpaired) electrons. The summed E-state index contributed by atoms with van der Waals surface area (Å²) in [7, 11) is 0. The fourth-order valence-corrected chi connectivity index (χ4v) is 5.91. The van der Waals surface area contributed by atoms with Crippen molar-refractivity contribution in [2.45, 2.75) is 77.5 Å². The number of cyclic esters (lactones) is 1. The number of ether oxygens (including phenoxy) is 2. The Hall–Kier alpha value is -1.92. The van der Waals surface area contributed by atoms with Crippen molar-refractivity contribution in [1.29, 1.82) is 0 Å². The van der Waals surface area contributed by atoms with Crippen LogP contribution in [0.15, 0.2) is 0 Å². The van der Waals surface area contributed by atoms with Gasteiger partial charge in [-0.15, -0.1) is 0 Å². The Bertz CT molecular complexity index is 720. The van der Waals surface area contributed by atoms with Crippen molar-refractivity contribution in [2.24, 2.45) is 29.6 Å². The van der Waals surface area contributed by atoms with E-state index in [1.54, 1.807) is 0 Å². The normalized spacial score (nSPS) is 43.1. The maximum Gasteiger partial charge on any atom is 0.309 e. The topological polar surface area (TPSA) is 90.0 Å². The van der Waals surface area contributed by atoms with Crippen LogP contribution in [-0.2, 0) is 28.7 Å². The number of fused-ring (bicyclic) bond motifs is 4. The maximum atomic E-state index is 13.5. The average molecular weight is 405 g/mol. The van der Waals surface area contributed by atoms with E-state index in [0.717, 1.165) is 6.42 Å². The van der Waals surface area contributed by atoms with Crippen LogP contribution in [-0.4, -0.2) is 53.3 Å². The third-order valence-electron chi connectivity index (χ3n) is 7.55. The van der Waals surface area contributed by atoms with Gasteiger partial charge in [0.05, 0.1) is 23.8 Å². The number of esters is 2. The van der Waals surface area contributed by atoms with Crippen LogP contribution in [0.3, 0.4) is 0 Å². The molecular formula is C22H31NO6. The van der Waals surface area contributed by atoms with Gasteiger partial charge < -0.3 is 14.4 Å². The van der Waals surface area contributed by atoms with E-state index in [9.17, 15) is 19.2 Å². The van der Waals surface area contributed by atoms with Crippen LogP contribution >= 0.6 is 0 Å². The van der Waals surface area contributed by atoms with Gasteiger partial charge in [-0.05, 0) is 32.1 Å². The lowest BCUT2D eigenvalue weighted by atomic mass is 9.73. The quantitative estimate of drug-likeness (QED) is 0.654. The van der Waals surface area contributed by atoms with Crippen molar-refractivity contribution in [2.75, 3.05) is 6.54 Å². The minimum Gasteiger partial charge on any atom is -0.461 e. The zero-order valence-corrected chi connectivity index (χ0v) is 17.5. The highest BCUT2D eigenvalue weighted by atomic mass is 16.6. The highest BCUT2D eigenvalue weighted by molar-refractivity contribution is 5.87. The molecule has 0 aromatic rings. The van der Waals surface area contributed by atoms with Crippen LogP contribution in [0.5, 0.6) is 0 Å². The Morgan fingerprint density at radius 2 is 1.76 bits per heavy atom. The van der Waals surface area contributed by atoms with Gasteiger partial charge in [0.15, 0.2) is 0 Å². The summed E-state index contributed by atoms with van der Waals surface area (Å²) < 4.78 is 11.3. The zero-order valence-electron chi connectivity index (χ0n) is 17.5. The molecule has 0 spiro atoms. The molecule has 7 heteroatoms. The van der Waals surface area contributed by atoms with Gasteiger partial charge in [-0.25, -0.2) is 0 Å². The van der Waals surface area contributed by atoms with Crippen molar-refractivity contribution in [1.82, 2.24) is 4.90 Å². The molecule has 0 unspecified atom stereocenters. The molecule has 4 heterocycles. The molecule has 7 nitrogen and oxygen atoms in total. The molecule has 0 aromatic heterocycles. The number of carbonyl (C=O) groups excluding carboxylic acids is 4. The van der Waals surface area contributed by atoms with Gasteiger partial charge in [0.25, 0.3) is 0 Å². The lowest BCUT2D eigenvalue weighted by Crippen LogP contribution is -2.42. The maximum absolute atomic E-state index is 13.5. The first-order valence-electron chi connectivity index (χ1n) is 11.1. The Morgan fingerprint density at radius 3 is 2.41 bits per heavy atom. The Kier molecular flexibility index (Phi) is 5.42. The number of rotatable bonds is 2. The Morgan fingerprint density at radius 1 is 1.00 bits per heavy atom. The second-order valence-corrected chi connectivity index (χ2v) is 9.26. The molecule has 8 atom stereocenters. The highest BCUT2D eigenvalue weighted by Gasteiger charge is 2.57. The first kappa shape index (κ1) is 20.4. The number of amides is 1. The predicted octanol–water partition coefficient (Wildman–Crippen LogP) is 2.11. The predicted molar refractivity (Wildman–Crippen MR) is 102 cm³/mol. The highest BCUT2D eigenvalue weighted by Crippen LogP contribution is 2.46. The second-order valence-electron chi connectivity index (χ2n) is 9.26. The van der Waals surface area contributed by atoms with Crippen molar-refractivity contribution in [3.8, 4) is 0 Å². The van der Waals surface area contributed by atoms with Crippen LogP contribution in [0.25, 0.3) is 0 Å². The van der Waals surface area contributed by atoms with E-state index in [-0.39, 0.29) is 59.4 Å². The largest absolute Gasteiger partial charge is 0.461 e. The lowest BCUT2D eigenvalue weighted by Gasteiger charge is -2.29. The number of Topliss-reactive ketones (excluding diaryl/α,β-unsaturated/α-hetero) is 1. The molecule has 0 saturated carbocycles. The molecule has 0 aromatic carbocycles. The number of hydrogen-bond acceptors (Lipinski definition) is 6. The fourth-order valence-electron chi connectivity index (χ4n) is 5.91. The van der Waals surface area contributed by atoms with E-state index in [2.05, 4.69) is 0 Å². The van der Waals surface area contributed by atoms with Gasteiger partial charge in [0, 0.05) is 24.8 Å². The molecule has 0 aliphatic carbocycles. The molecule has 0 N–H and O–H groups in total.